The van der Waals surface area contributed by atoms with Gasteiger partial charge in [-0.25, -0.2) is 0 Å². The van der Waals surface area contributed by atoms with Gasteiger partial charge in [-0.2, -0.15) is 15.5 Å². The highest BCUT2D eigenvalue weighted by atomic mass is 15.3. The number of aromatic nitrogens is 5. The summed E-state index contributed by atoms with van der Waals surface area (Å²) >= 11 is 0. The van der Waals surface area contributed by atoms with Crippen LogP contribution in [-0.4, -0.2) is 25.0 Å². The first kappa shape index (κ1) is 20.0. The standard InChI is InChI=1S/C26H24N6/c1-16(2)32-14-19(12-29-32)18-7-10-22-21(11-18)24-23(13-28-22)30-31-25(24)17-5-8-20(9-6-17)26(3,4)15-27/h5-14,16H,1-4H3,(H,30,31). The Bertz CT molecular complexity index is 1480. The van der Waals surface area contributed by atoms with Gasteiger partial charge in [0.2, 0.25) is 0 Å². The largest absolute Gasteiger partial charge is 0.276 e. The third-order valence-corrected chi connectivity index (χ3v) is 6.02. The average Bonchev–Trinajstić information content (AvgIpc) is 3.47. The number of nitriles is 1. The Balaban J connectivity index is 1.66. The van der Waals surface area contributed by atoms with E-state index >= 15 is 0 Å². The van der Waals surface area contributed by atoms with Crippen LogP contribution in [0.25, 0.3) is 44.2 Å². The van der Waals surface area contributed by atoms with E-state index in [0.717, 1.165) is 49.8 Å². The molecule has 0 aliphatic rings. The first-order valence-electron chi connectivity index (χ1n) is 10.7. The van der Waals surface area contributed by atoms with E-state index in [1.165, 1.54) is 0 Å². The average molecular weight is 421 g/mol. The van der Waals surface area contributed by atoms with E-state index in [0.29, 0.717) is 6.04 Å². The Labute approximate surface area is 186 Å². The number of fused-ring (bicyclic) bond motifs is 3. The zero-order valence-corrected chi connectivity index (χ0v) is 18.6. The Morgan fingerprint density at radius 2 is 1.75 bits per heavy atom. The van der Waals surface area contributed by atoms with Gasteiger partial charge in [0.05, 0.1) is 34.9 Å². The number of H-pyrrole nitrogens is 1. The van der Waals surface area contributed by atoms with Crippen molar-refractivity contribution in [2.75, 3.05) is 0 Å². The molecular formula is C26H24N6. The van der Waals surface area contributed by atoms with E-state index in [4.69, 9.17) is 0 Å². The molecule has 0 saturated carbocycles. The van der Waals surface area contributed by atoms with E-state index in [1.54, 1.807) is 0 Å². The molecule has 0 saturated heterocycles. The monoisotopic (exact) mass is 420 g/mol. The van der Waals surface area contributed by atoms with Crippen molar-refractivity contribution < 1.29 is 0 Å². The van der Waals surface area contributed by atoms with Crippen molar-refractivity contribution in [1.82, 2.24) is 25.0 Å². The molecule has 158 valence electrons. The molecule has 0 spiro atoms. The lowest BCUT2D eigenvalue weighted by Crippen LogP contribution is -2.13. The van der Waals surface area contributed by atoms with Gasteiger partial charge in [-0.15, -0.1) is 0 Å². The summed E-state index contributed by atoms with van der Waals surface area (Å²) in [7, 11) is 0. The summed E-state index contributed by atoms with van der Waals surface area (Å²) in [6, 6.07) is 17.1. The number of rotatable bonds is 4. The summed E-state index contributed by atoms with van der Waals surface area (Å²) in [4.78, 5) is 4.61. The van der Waals surface area contributed by atoms with E-state index in [9.17, 15) is 5.26 Å². The molecule has 2 aromatic carbocycles. The van der Waals surface area contributed by atoms with Crippen molar-refractivity contribution >= 4 is 21.8 Å². The summed E-state index contributed by atoms with van der Waals surface area (Å²) in [6.45, 7) is 8.08. The van der Waals surface area contributed by atoms with Gasteiger partial charge in [-0.1, -0.05) is 30.3 Å². The number of nitrogens with zero attached hydrogens (tertiary/aromatic N) is 5. The lowest BCUT2D eigenvalue weighted by molar-refractivity contribution is 0.532. The van der Waals surface area contributed by atoms with Crippen LogP contribution in [0.2, 0.25) is 0 Å². The molecule has 0 radical (unpaired) electrons. The fourth-order valence-electron chi connectivity index (χ4n) is 3.97. The predicted octanol–water partition coefficient (Wildman–Crippen LogP) is 6.02. The Morgan fingerprint density at radius 3 is 2.44 bits per heavy atom. The minimum absolute atomic E-state index is 0.312. The molecule has 0 bridgehead atoms. The van der Waals surface area contributed by atoms with E-state index < -0.39 is 5.41 Å². The minimum atomic E-state index is -0.530. The molecule has 5 aromatic rings. The highest BCUT2D eigenvalue weighted by Crippen LogP contribution is 2.35. The van der Waals surface area contributed by atoms with E-state index in [2.05, 4.69) is 58.5 Å². The van der Waals surface area contributed by atoms with Crippen LogP contribution in [0.5, 0.6) is 0 Å². The van der Waals surface area contributed by atoms with Gasteiger partial charge in [0.1, 0.15) is 5.69 Å². The Hall–Kier alpha value is -3.98. The van der Waals surface area contributed by atoms with Crippen LogP contribution in [0, 0.1) is 11.3 Å². The molecule has 0 amide bonds. The maximum atomic E-state index is 9.43. The number of pyridine rings is 1. The number of nitrogens with one attached hydrogen (secondary N) is 1. The minimum Gasteiger partial charge on any atom is -0.276 e. The molecule has 5 rings (SSSR count). The van der Waals surface area contributed by atoms with Gasteiger partial charge >= 0.3 is 0 Å². The van der Waals surface area contributed by atoms with Crippen LogP contribution in [0.4, 0.5) is 0 Å². The van der Waals surface area contributed by atoms with Crippen molar-refractivity contribution in [1.29, 1.82) is 5.26 Å². The molecule has 0 unspecified atom stereocenters. The number of benzene rings is 2. The molecule has 1 N–H and O–H groups in total. The molecule has 0 fully saturated rings. The normalized spacial score (nSPS) is 12.0. The molecule has 0 atom stereocenters. The summed E-state index contributed by atoms with van der Waals surface area (Å²) in [5.41, 5.74) is 6.31. The molecule has 32 heavy (non-hydrogen) atoms. The second kappa shape index (κ2) is 7.31. The maximum Gasteiger partial charge on any atom is 0.101 e. The lowest BCUT2D eigenvalue weighted by atomic mass is 9.86. The maximum absolute atomic E-state index is 9.43. The summed E-state index contributed by atoms with van der Waals surface area (Å²) < 4.78 is 1.96. The number of hydrogen-bond donors (Lipinski definition) is 1. The molecule has 0 aliphatic heterocycles. The van der Waals surface area contributed by atoms with Crippen molar-refractivity contribution in [3.8, 4) is 28.5 Å². The van der Waals surface area contributed by atoms with Crippen LogP contribution in [-0.2, 0) is 5.41 Å². The summed E-state index contributed by atoms with van der Waals surface area (Å²) in [5, 5.41) is 23.7. The van der Waals surface area contributed by atoms with Crippen molar-refractivity contribution in [3.05, 3.63) is 66.6 Å². The van der Waals surface area contributed by atoms with Crippen LogP contribution in [0.3, 0.4) is 0 Å². The van der Waals surface area contributed by atoms with Crippen LogP contribution >= 0.6 is 0 Å². The molecule has 3 aromatic heterocycles. The van der Waals surface area contributed by atoms with Crippen LogP contribution < -0.4 is 0 Å². The van der Waals surface area contributed by atoms with Crippen molar-refractivity contribution in [2.45, 2.75) is 39.2 Å². The molecule has 6 nitrogen and oxygen atoms in total. The first-order chi connectivity index (χ1) is 15.4. The first-order valence-corrected chi connectivity index (χ1v) is 10.7. The Kier molecular flexibility index (Phi) is 4.56. The van der Waals surface area contributed by atoms with E-state index in [1.807, 2.05) is 61.3 Å². The highest BCUT2D eigenvalue weighted by Gasteiger charge is 2.20. The van der Waals surface area contributed by atoms with Gasteiger partial charge in [-0.05, 0) is 51.0 Å². The fourth-order valence-corrected chi connectivity index (χ4v) is 3.97. The number of hydrogen-bond acceptors (Lipinski definition) is 4. The number of aromatic amines is 1. The second-order valence-electron chi connectivity index (χ2n) is 8.97. The van der Waals surface area contributed by atoms with Gasteiger partial charge < -0.3 is 0 Å². The van der Waals surface area contributed by atoms with Crippen LogP contribution in [0.1, 0.15) is 39.3 Å². The zero-order valence-electron chi connectivity index (χ0n) is 18.6. The molecule has 0 aliphatic carbocycles. The SMILES string of the molecule is CC(C)n1cc(-c2ccc3ncc4[nH]nc(-c5ccc(C(C)(C)C#N)cc5)c4c3c2)cn1. The molecular weight excluding hydrogens is 396 g/mol. The Morgan fingerprint density at radius 1 is 1.00 bits per heavy atom. The van der Waals surface area contributed by atoms with Gasteiger partial charge in [0.25, 0.3) is 0 Å². The predicted molar refractivity (Wildman–Crippen MR) is 127 cm³/mol. The quantitative estimate of drug-likeness (QED) is 0.385. The summed E-state index contributed by atoms with van der Waals surface area (Å²) in [5.74, 6) is 0. The topological polar surface area (TPSA) is 83.2 Å². The third-order valence-electron chi connectivity index (χ3n) is 6.02. The van der Waals surface area contributed by atoms with Gasteiger partial charge in [0.15, 0.2) is 0 Å². The smallest absolute Gasteiger partial charge is 0.101 e. The fraction of sp³-hybridized carbons (Fsp3) is 0.231. The van der Waals surface area contributed by atoms with Gasteiger partial charge in [-0.3, -0.25) is 14.8 Å². The molecule has 6 heteroatoms. The molecule has 3 heterocycles. The van der Waals surface area contributed by atoms with Crippen molar-refractivity contribution in [2.24, 2.45) is 0 Å². The zero-order chi connectivity index (χ0) is 22.5. The highest BCUT2D eigenvalue weighted by molar-refractivity contribution is 6.11. The van der Waals surface area contributed by atoms with E-state index in [-0.39, 0.29) is 0 Å². The lowest BCUT2D eigenvalue weighted by Gasteiger charge is -2.15. The van der Waals surface area contributed by atoms with Crippen molar-refractivity contribution in [3.63, 3.8) is 0 Å². The van der Waals surface area contributed by atoms with Crippen LogP contribution in [0.15, 0.2) is 61.1 Å². The second-order valence-corrected chi connectivity index (χ2v) is 8.97. The third kappa shape index (κ3) is 3.23. The van der Waals surface area contributed by atoms with Gasteiger partial charge in [0, 0.05) is 34.1 Å². The summed E-state index contributed by atoms with van der Waals surface area (Å²) in [6.07, 6.45) is 5.81.